The molecule has 0 aromatic carbocycles. The number of aliphatic imine (C=N–C) groups is 1. The van der Waals surface area contributed by atoms with Crippen molar-refractivity contribution in [2.24, 2.45) is 16.5 Å². The van der Waals surface area contributed by atoms with Crippen LogP contribution in [0.15, 0.2) is 15.4 Å². The summed E-state index contributed by atoms with van der Waals surface area (Å²) in [6.07, 6.45) is 0. The third-order valence-corrected chi connectivity index (χ3v) is 1.84. The molecule has 0 saturated carbocycles. The average molecular weight is 174 g/mol. The lowest BCUT2D eigenvalue weighted by Crippen LogP contribution is -2.21. The molecule has 1 heterocycles. The molecule has 1 aromatic rings. The molecule has 1 rings (SSSR count). The van der Waals surface area contributed by atoms with E-state index in [9.17, 15) is 0 Å². The molecular formula is C4H6N4S2. The molecule has 6 heteroatoms. The zero-order chi connectivity index (χ0) is 7.56. The largest absolute Gasteiger partial charge is 0.370 e. The summed E-state index contributed by atoms with van der Waals surface area (Å²) in [5.41, 5.74) is 10.2. The number of thiol groups is 1. The number of hydrogen-bond acceptors (Lipinski definition) is 4. The van der Waals surface area contributed by atoms with E-state index in [2.05, 4.69) is 22.6 Å². The molecular weight excluding hydrogens is 168 g/mol. The van der Waals surface area contributed by atoms with E-state index < -0.39 is 0 Å². The van der Waals surface area contributed by atoms with E-state index in [0.29, 0.717) is 10.2 Å². The van der Waals surface area contributed by atoms with Gasteiger partial charge in [0.2, 0.25) is 5.13 Å². The molecule has 0 atom stereocenters. The summed E-state index contributed by atoms with van der Waals surface area (Å²) in [4.78, 5) is 7.60. The van der Waals surface area contributed by atoms with Crippen molar-refractivity contribution >= 4 is 35.1 Å². The van der Waals surface area contributed by atoms with Gasteiger partial charge >= 0.3 is 0 Å². The maximum absolute atomic E-state index is 5.10. The quantitative estimate of drug-likeness (QED) is 0.326. The summed E-state index contributed by atoms with van der Waals surface area (Å²) in [5.74, 6) is 0.0164. The molecule has 0 aliphatic carbocycles. The summed E-state index contributed by atoms with van der Waals surface area (Å²) in [7, 11) is 0. The van der Waals surface area contributed by atoms with Crippen LogP contribution in [0.25, 0.3) is 0 Å². The summed E-state index contributed by atoms with van der Waals surface area (Å²) in [5, 5.41) is 2.92. The van der Waals surface area contributed by atoms with E-state index in [1.807, 2.05) is 0 Å². The van der Waals surface area contributed by atoms with E-state index in [-0.39, 0.29) is 5.96 Å². The van der Waals surface area contributed by atoms with Crippen LogP contribution in [0.5, 0.6) is 0 Å². The second-order valence-electron chi connectivity index (χ2n) is 1.52. The zero-order valence-corrected chi connectivity index (χ0v) is 6.69. The number of aromatic nitrogens is 1. The van der Waals surface area contributed by atoms with Crippen molar-refractivity contribution in [2.75, 3.05) is 0 Å². The van der Waals surface area contributed by atoms with Crippen molar-refractivity contribution in [1.29, 1.82) is 0 Å². The number of thiazole rings is 1. The molecule has 0 fully saturated rings. The molecule has 0 saturated heterocycles. The fourth-order valence-electron chi connectivity index (χ4n) is 0.418. The number of rotatable bonds is 1. The van der Waals surface area contributed by atoms with Gasteiger partial charge in [-0.15, -0.1) is 24.0 Å². The Hall–Kier alpha value is -0.750. The molecule has 4 nitrogen and oxygen atoms in total. The Morgan fingerprint density at radius 1 is 1.70 bits per heavy atom. The number of nitrogens with two attached hydrogens (primary N) is 2. The van der Waals surface area contributed by atoms with Crippen molar-refractivity contribution in [2.45, 2.75) is 5.03 Å². The highest BCUT2D eigenvalue weighted by molar-refractivity contribution is 7.80. The SMILES string of the molecule is NC(N)=Nc1nc(S)cs1. The van der Waals surface area contributed by atoms with Crippen LogP contribution >= 0.6 is 24.0 Å². The van der Waals surface area contributed by atoms with Crippen molar-refractivity contribution in [3.05, 3.63) is 5.38 Å². The Kier molecular flexibility index (Phi) is 2.13. The summed E-state index contributed by atoms with van der Waals surface area (Å²) >= 11 is 5.32. The Labute approximate surface area is 67.4 Å². The normalized spacial score (nSPS) is 9.30. The average Bonchev–Trinajstić information content (AvgIpc) is 2.13. The molecule has 54 valence electrons. The standard InChI is InChI=1S/C4H6N4S2/c5-3(6)8-4-7-2(9)1-10-4/h1,9H,(H4,5,6,7,8). The summed E-state index contributed by atoms with van der Waals surface area (Å²) < 4.78 is 0. The van der Waals surface area contributed by atoms with E-state index in [1.54, 1.807) is 5.38 Å². The van der Waals surface area contributed by atoms with Gasteiger partial charge in [-0.1, -0.05) is 0 Å². The van der Waals surface area contributed by atoms with E-state index in [4.69, 9.17) is 11.5 Å². The fourth-order valence-corrected chi connectivity index (χ4v) is 1.31. The first-order valence-corrected chi connectivity index (χ1v) is 3.75. The Balaban J connectivity index is 2.86. The lowest BCUT2D eigenvalue weighted by atomic mass is 11.0. The molecule has 0 aliphatic rings. The first-order chi connectivity index (χ1) is 4.68. The minimum Gasteiger partial charge on any atom is -0.370 e. The number of nitrogens with zero attached hydrogens (tertiary/aromatic N) is 2. The molecule has 0 amide bonds. The van der Waals surface area contributed by atoms with Crippen LogP contribution < -0.4 is 11.5 Å². The molecule has 0 radical (unpaired) electrons. The Morgan fingerprint density at radius 2 is 2.40 bits per heavy atom. The van der Waals surface area contributed by atoms with Gasteiger partial charge in [-0.05, 0) is 0 Å². The van der Waals surface area contributed by atoms with Crippen LogP contribution in [0.4, 0.5) is 5.13 Å². The Morgan fingerprint density at radius 3 is 2.80 bits per heavy atom. The van der Waals surface area contributed by atoms with Crippen LogP contribution in [0, 0.1) is 0 Å². The topological polar surface area (TPSA) is 77.3 Å². The lowest BCUT2D eigenvalue weighted by Gasteiger charge is -1.84. The third-order valence-electron chi connectivity index (χ3n) is 0.705. The van der Waals surface area contributed by atoms with Gasteiger partial charge in [-0.25, -0.2) is 4.98 Å². The van der Waals surface area contributed by atoms with Crippen LogP contribution in [-0.4, -0.2) is 10.9 Å². The molecule has 0 bridgehead atoms. The van der Waals surface area contributed by atoms with E-state index >= 15 is 0 Å². The highest BCUT2D eigenvalue weighted by atomic mass is 32.1. The van der Waals surface area contributed by atoms with Gasteiger partial charge in [0.15, 0.2) is 5.96 Å². The van der Waals surface area contributed by atoms with Crippen molar-refractivity contribution in [3.63, 3.8) is 0 Å². The highest BCUT2D eigenvalue weighted by Crippen LogP contribution is 2.19. The second kappa shape index (κ2) is 2.89. The molecule has 0 spiro atoms. The van der Waals surface area contributed by atoms with Gasteiger partial charge < -0.3 is 11.5 Å². The third kappa shape index (κ3) is 1.89. The van der Waals surface area contributed by atoms with E-state index in [1.165, 1.54) is 11.3 Å². The monoisotopic (exact) mass is 174 g/mol. The first-order valence-electron chi connectivity index (χ1n) is 2.42. The van der Waals surface area contributed by atoms with Crippen LogP contribution in [0.1, 0.15) is 0 Å². The minimum absolute atomic E-state index is 0.0164. The van der Waals surface area contributed by atoms with Crippen LogP contribution in [-0.2, 0) is 0 Å². The molecule has 4 N–H and O–H groups in total. The molecule has 1 aromatic heterocycles. The maximum atomic E-state index is 5.10. The van der Waals surface area contributed by atoms with Gasteiger partial charge in [0.05, 0.1) is 0 Å². The number of guanidine groups is 1. The summed E-state index contributed by atoms with van der Waals surface area (Å²) in [6, 6.07) is 0. The van der Waals surface area contributed by atoms with Crippen molar-refractivity contribution in [3.8, 4) is 0 Å². The second-order valence-corrected chi connectivity index (χ2v) is 2.82. The molecule has 0 unspecified atom stereocenters. The van der Waals surface area contributed by atoms with Gasteiger partial charge in [0.1, 0.15) is 5.03 Å². The molecule has 10 heavy (non-hydrogen) atoms. The smallest absolute Gasteiger partial charge is 0.213 e. The lowest BCUT2D eigenvalue weighted by molar-refractivity contribution is 1.19. The zero-order valence-electron chi connectivity index (χ0n) is 4.98. The van der Waals surface area contributed by atoms with E-state index in [0.717, 1.165) is 0 Å². The first kappa shape index (κ1) is 7.36. The van der Waals surface area contributed by atoms with Crippen molar-refractivity contribution < 1.29 is 0 Å². The van der Waals surface area contributed by atoms with Gasteiger partial charge in [0.25, 0.3) is 0 Å². The maximum Gasteiger partial charge on any atom is 0.213 e. The predicted octanol–water partition coefficient (Wildman–Crippen LogP) is 0.337. The number of hydrogen-bond donors (Lipinski definition) is 3. The van der Waals surface area contributed by atoms with Crippen LogP contribution in [0.3, 0.4) is 0 Å². The Bertz CT molecular complexity index is 250. The van der Waals surface area contributed by atoms with Gasteiger partial charge in [-0.2, -0.15) is 4.99 Å². The highest BCUT2D eigenvalue weighted by Gasteiger charge is 1.94. The molecule has 0 aliphatic heterocycles. The van der Waals surface area contributed by atoms with Gasteiger partial charge in [0, 0.05) is 5.38 Å². The van der Waals surface area contributed by atoms with Crippen LogP contribution in [0.2, 0.25) is 0 Å². The fraction of sp³-hybridized carbons (Fsp3) is 0. The van der Waals surface area contributed by atoms with Gasteiger partial charge in [-0.3, -0.25) is 0 Å². The minimum atomic E-state index is 0.0164. The summed E-state index contributed by atoms with van der Waals surface area (Å²) in [6.45, 7) is 0. The van der Waals surface area contributed by atoms with Crippen molar-refractivity contribution in [1.82, 2.24) is 4.98 Å². The predicted molar refractivity (Wildman–Crippen MR) is 44.8 cm³/mol.